The summed E-state index contributed by atoms with van der Waals surface area (Å²) in [5, 5.41) is 0. The fraction of sp³-hybridized carbons (Fsp3) is 0.696. The van der Waals surface area contributed by atoms with Crippen molar-refractivity contribution in [3.05, 3.63) is 35.4 Å². The standard InChI is InChI=1S/C23H37N3O/c1-17-6-8-20(9-7-17)22(21-10-11-21)14-23(27)25-15-18(2)26(19(3)16-25)13-12-24(4)5/h6-9,18-19,21-22H,10-16H2,1-5H3. The zero-order valence-electron chi connectivity index (χ0n) is 17.8. The minimum absolute atomic E-state index is 0.346. The molecule has 0 bridgehead atoms. The Bertz CT molecular complexity index is 611. The maximum Gasteiger partial charge on any atom is 0.223 e. The maximum atomic E-state index is 13.1. The smallest absolute Gasteiger partial charge is 0.223 e. The molecule has 2 fully saturated rings. The third-order valence-corrected chi connectivity index (χ3v) is 6.35. The molecule has 1 aromatic carbocycles. The normalized spacial score (nSPS) is 25.0. The first-order valence-electron chi connectivity index (χ1n) is 10.6. The van der Waals surface area contributed by atoms with Crippen LogP contribution in [0.3, 0.4) is 0 Å². The van der Waals surface area contributed by atoms with Gasteiger partial charge in [0.15, 0.2) is 0 Å². The molecule has 2 aliphatic rings. The van der Waals surface area contributed by atoms with Crippen LogP contribution in [0.2, 0.25) is 0 Å². The van der Waals surface area contributed by atoms with Gasteiger partial charge in [0.25, 0.3) is 0 Å². The summed E-state index contributed by atoms with van der Waals surface area (Å²) in [6.45, 7) is 10.5. The number of carbonyl (C=O) groups is 1. The fourth-order valence-electron chi connectivity index (χ4n) is 4.50. The average Bonchev–Trinajstić information content (AvgIpc) is 3.44. The molecule has 0 radical (unpaired) electrons. The van der Waals surface area contributed by atoms with Crippen molar-refractivity contribution < 1.29 is 4.79 Å². The van der Waals surface area contributed by atoms with Gasteiger partial charge in [0.1, 0.15) is 0 Å². The number of likely N-dealkylation sites (N-methyl/N-ethyl adjacent to an activating group) is 1. The van der Waals surface area contributed by atoms with E-state index in [2.05, 4.69) is 73.8 Å². The molecular weight excluding hydrogens is 334 g/mol. The van der Waals surface area contributed by atoms with Crippen molar-refractivity contribution in [2.24, 2.45) is 5.92 Å². The Hall–Kier alpha value is -1.39. The first kappa shape index (κ1) is 20.3. The number of aryl methyl sites for hydroxylation is 1. The second-order valence-corrected chi connectivity index (χ2v) is 9.10. The molecule has 0 spiro atoms. The van der Waals surface area contributed by atoms with Crippen LogP contribution in [0.5, 0.6) is 0 Å². The minimum Gasteiger partial charge on any atom is -0.340 e. The molecule has 3 rings (SSSR count). The van der Waals surface area contributed by atoms with Crippen molar-refractivity contribution in [2.75, 3.05) is 40.3 Å². The van der Waals surface area contributed by atoms with Crippen molar-refractivity contribution in [3.8, 4) is 0 Å². The van der Waals surface area contributed by atoms with Gasteiger partial charge in [0, 0.05) is 44.7 Å². The van der Waals surface area contributed by atoms with Crippen LogP contribution >= 0.6 is 0 Å². The van der Waals surface area contributed by atoms with Gasteiger partial charge in [-0.15, -0.1) is 0 Å². The van der Waals surface area contributed by atoms with Crippen LogP contribution in [0.25, 0.3) is 0 Å². The van der Waals surface area contributed by atoms with E-state index in [9.17, 15) is 4.79 Å². The number of hydrogen-bond donors (Lipinski definition) is 0. The predicted molar refractivity (Wildman–Crippen MR) is 112 cm³/mol. The van der Waals surface area contributed by atoms with E-state index in [0.29, 0.717) is 36.2 Å². The Morgan fingerprint density at radius 2 is 1.70 bits per heavy atom. The molecule has 1 heterocycles. The van der Waals surface area contributed by atoms with E-state index in [1.807, 2.05) is 0 Å². The Morgan fingerprint density at radius 1 is 1.11 bits per heavy atom. The molecule has 0 aromatic heterocycles. The zero-order chi connectivity index (χ0) is 19.6. The van der Waals surface area contributed by atoms with Crippen molar-refractivity contribution in [1.29, 1.82) is 0 Å². The van der Waals surface area contributed by atoms with E-state index in [1.54, 1.807) is 0 Å². The Labute approximate surface area is 165 Å². The van der Waals surface area contributed by atoms with Crippen LogP contribution in [0, 0.1) is 12.8 Å². The molecule has 1 amide bonds. The van der Waals surface area contributed by atoms with Gasteiger partial charge >= 0.3 is 0 Å². The molecule has 3 unspecified atom stereocenters. The number of benzene rings is 1. The van der Waals surface area contributed by atoms with E-state index < -0.39 is 0 Å². The second kappa shape index (κ2) is 8.74. The Morgan fingerprint density at radius 3 is 2.22 bits per heavy atom. The van der Waals surface area contributed by atoms with Gasteiger partial charge in [-0.3, -0.25) is 9.69 Å². The SMILES string of the molecule is Cc1ccc(C(CC(=O)N2CC(C)N(CCN(C)C)C(C)C2)C2CC2)cc1. The summed E-state index contributed by atoms with van der Waals surface area (Å²) in [4.78, 5) is 20.1. The molecule has 1 saturated heterocycles. The van der Waals surface area contributed by atoms with Crippen LogP contribution in [0.15, 0.2) is 24.3 Å². The molecule has 3 atom stereocenters. The molecule has 4 nitrogen and oxygen atoms in total. The lowest BCUT2D eigenvalue weighted by Gasteiger charge is -2.45. The monoisotopic (exact) mass is 371 g/mol. The topological polar surface area (TPSA) is 26.8 Å². The second-order valence-electron chi connectivity index (χ2n) is 9.10. The van der Waals surface area contributed by atoms with Crippen molar-refractivity contribution in [2.45, 2.75) is 58.0 Å². The highest BCUT2D eigenvalue weighted by atomic mass is 16.2. The van der Waals surface area contributed by atoms with Crippen LogP contribution in [0.1, 0.15) is 50.2 Å². The van der Waals surface area contributed by atoms with Crippen molar-refractivity contribution >= 4 is 5.91 Å². The van der Waals surface area contributed by atoms with Gasteiger partial charge in [0.05, 0.1) is 0 Å². The van der Waals surface area contributed by atoms with Crippen LogP contribution in [-0.4, -0.2) is 73.0 Å². The number of rotatable bonds is 7. The minimum atomic E-state index is 0.346. The lowest BCUT2D eigenvalue weighted by Crippen LogP contribution is -2.59. The highest BCUT2D eigenvalue weighted by molar-refractivity contribution is 5.77. The molecule has 0 N–H and O–H groups in total. The van der Waals surface area contributed by atoms with E-state index in [4.69, 9.17) is 0 Å². The zero-order valence-corrected chi connectivity index (χ0v) is 17.8. The highest BCUT2D eigenvalue weighted by Gasteiger charge is 2.37. The Kier molecular flexibility index (Phi) is 6.59. The number of piperazine rings is 1. The number of carbonyl (C=O) groups excluding carboxylic acids is 1. The fourth-order valence-corrected chi connectivity index (χ4v) is 4.50. The summed E-state index contributed by atoms with van der Waals surface area (Å²) < 4.78 is 0. The predicted octanol–water partition coefficient (Wildman–Crippen LogP) is 3.36. The van der Waals surface area contributed by atoms with Crippen LogP contribution in [0.4, 0.5) is 0 Å². The van der Waals surface area contributed by atoms with Crippen molar-refractivity contribution in [1.82, 2.24) is 14.7 Å². The molecule has 1 saturated carbocycles. The van der Waals surface area contributed by atoms with E-state index in [0.717, 1.165) is 26.2 Å². The highest BCUT2D eigenvalue weighted by Crippen LogP contribution is 2.44. The summed E-state index contributed by atoms with van der Waals surface area (Å²) in [5.74, 6) is 1.45. The maximum absolute atomic E-state index is 13.1. The molecule has 1 aliphatic carbocycles. The summed E-state index contributed by atoms with van der Waals surface area (Å²) in [6.07, 6.45) is 3.22. The third-order valence-electron chi connectivity index (χ3n) is 6.35. The van der Waals surface area contributed by atoms with Gasteiger partial charge in [0.2, 0.25) is 5.91 Å². The quantitative estimate of drug-likeness (QED) is 0.735. The van der Waals surface area contributed by atoms with E-state index in [-0.39, 0.29) is 0 Å². The van der Waals surface area contributed by atoms with Gasteiger partial charge < -0.3 is 9.80 Å². The molecule has 27 heavy (non-hydrogen) atoms. The van der Waals surface area contributed by atoms with Crippen LogP contribution in [-0.2, 0) is 4.79 Å². The van der Waals surface area contributed by atoms with Gasteiger partial charge in [-0.1, -0.05) is 29.8 Å². The first-order valence-corrected chi connectivity index (χ1v) is 10.6. The van der Waals surface area contributed by atoms with Gasteiger partial charge in [-0.2, -0.15) is 0 Å². The number of amides is 1. The van der Waals surface area contributed by atoms with Gasteiger partial charge in [-0.05, 0) is 65.1 Å². The van der Waals surface area contributed by atoms with Crippen molar-refractivity contribution in [3.63, 3.8) is 0 Å². The largest absolute Gasteiger partial charge is 0.340 e. The summed E-state index contributed by atoms with van der Waals surface area (Å²) in [6, 6.07) is 9.69. The van der Waals surface area contributed by atoms with Gasteiger partial charge in [-0.25, -0.2) is 0 Å². The lowest BCUT2D eigenvalue weighted by molar-refractivity contribution is -0.136. The summed E-state index contributed by atoms with van der Waals surface area (Å²) in [7, 11) is 4.25. The first-order chi connectivity index (χ1) is 12.8. The van der Waals surface area contributed by atoms with E-state index in [1.165, 1.54) is 24.0 Å². The molecule has 150 valence electrons. The summed E-state index contributed by atoms with van der Waals surface area (Å²) >= 11 is 0. The average molecular weight is 372 g/mol. The summed E-state index contributed by atoms with van der Waals surface area (Å²) in [5.41, 5.74) is 2.64. The molecule has 1 aromatic rings. The Balaban J connectivity index is 1.61. The number of nitrogens with zero attached hydrogens (tertiary/aromatic N) is 3. The molecular formula is C23H37N3O. The number of hydrogen-bond acceptors (Lipinski definition) is 3. The van der Waals surface area contributed by atoms with E-state index >= 15 is 0 Å². The van der Waals surface area contributed by atoms with Crippen LogP contribution < -0.4 is 0 Å². The lowest BCUT2D eigenvalue weighted by atomic mass is 9.89. The third kappa shape index (κ3) is 5.32. The molecule has 4 heteroatoms. The molecule has 1 aliphatic heterocycles.